The number of hydrogen-bond acceptors (Lipinski definition) is 41. The van der Waals surface area contributed by atoms with Crippen LogP contribution in [0.2, 0.25) is 0 Å². The second-order valence-electron chi connectivity index (χ2n) is 28.0. The number of carbonyl (C=O) groups excluding carboxylic acids is 1. The van der Waals surface area contributed by atoms with Crippen LogP contribution in [0.3, 0.4) is 0 Å². The van der Waals surface area contributed by atoms with Crippen molar-refractivity contribution in [1.82, 2.24) is 78.3 Å². The molecule has 9 unspecified atom stereocenters. The van der Waals surface area contributed by atoms with Crippen molar-refractivity contribution in [3.05, 3.63) is 72.0 Å². The summed E-state index contributed by atoms with van der Waals surface area (Å²) in [6.07, 6.45) is -12.6. The first-order valence-corrected chi connectivity index (χ1v) is 47.7. The summed E-state index contributed by atoms with van der Waals surface area (Å²) in [7, 11) is 1.17. The van der Waals surface area contributed by atoms with Crippen molar-refractivity contribution in [2.24, 2.45) is 5.73 Å². The van der Waals surface area contributed by atoms with Gasteiger partial charge in [0.05, 0.1) is 82.5 Å². The van der Waals surface area contributed by atoms with Gasteiger partial charge in [0.25, 0.3) is 0 Å². The van der Waals surface area contributed by atoms with Crippen LogP contribution in [0.15, 0.2) is 60.7 Å². The van der Waals surface area contributed by atoms with E-state index in [-0.39, 0.29) is 64.0 Å². The zero-order chi connectivity index (χ0) is 81.1. The Labute approximate surface area is 669 Å². The third-order valence-electron chi connectivity index (χ3n) is 21.3. The lowest BCUT2D eigenvalue weighted by atomic mass is 9.94. The molecule has 0 aliphatic carbocycles. The number of aromatic nitrogens is 14. The molecular formula is C57H76N21O26P5S5. The number of aryl methyl sites for hydroxylation is 1. The highest BCUT2D eigenvalue weighted by atomic mass is 32.7. The smallest absolute Gasteiger partial charge is 0.386 e. The quantitative estimate of drug-likeness (QED) is 0.0227. The second kappa shape index (κ2) is 30.6. The summed E-state index contributed by atoms with van der Waals surface area (Å²) in [4.78, 5) is 118. The summed E-state index contributed by atoms with van der Waals surface area (Å²) in [6.45, 7) is -18.1. The lowest BCUT2D eigenvalue weighted by Crippen LogP contribution is -2.54. The van der Waals surface area contributed by atoms with Gasteiger partial charge in [-0.1, -0.05) is 12.2 Å². The molecule has 6 bridgehead atoms. The number of amides is 2. The lowest BCUT2D eigenvalue weighted by Gasteiger charge is -2.38. The molecule has 114 heavy (non-hydrogen) atoms. The van der Waals surface area contributed by atoms with E-state index < -0.39 is 212 Å². The Morgan fingerprint density at radius 1 is 0.570 bits per heavy atom. The maximum atomic E-state index is 15.6. The number of nitrogens with two attached hydrogens (primary N) is 5. The minimum Gasteiger partial charge on any atom is -0.393 e. The number of nitrogen functional groups attached to an aromatic ring is 4. The van der Waals surface area contributed by atoms with Crippen LogP contribution in [0, 0.1) is 6.92 Å². The van der Waals surface area contributed by atoms with Crippen LogP contribution >= 0.6 is 45.9 Å². The number of carbonyl (C=O) groups is 1. The van der Waals surface area contributed by atoms with E-state index >= 15 is 4.57 Å². The maximum Gasteiger partial charge on any atom is 0.386 e. The van der Waals surface area contributed by atoms with Crippen LogP contribution < -0.4 is 39.7 Å². The van der Waals surface area contributed by atoms with E-state index in [1.165, 1.54) is 71.5 Å². The fraction of sp³-hybridized carbons (Fsp3) is 0.614. The Hall–Kier alpha value is -5.04. The minimum absolute atomic E-state index is 0.00393. The van der Waals surface area contributed by atoms with Gasteiger partial charge in [-0.15, -0.1) is 0 Å². The van der Waals surface area contributed by atoms with Crippen LogP contribution in [0.25, 0.3) is 33.5 Å². The fourth-order valence-electron chi connectivity index (χ4n) is 15.4. The number of imidazole rings is 3. The largest absolute Gasteiger partial charge is 0.393 e. The molecule has 16 rings (SSSR count). The van der Waals surface area contributed by atoms with Gasteiger partial charge in [-0.05, 0) is 87.4 Å². The molecule has 0 saturated carbocycles. The summed E-state index contributed by atoms with van der Waals surface area (Å²) in [5, 5.41) is 13.6. The van der Waals surface area contributed by atoms with Crippen LogP contribution in [0.4, 0.5) is 28.1 Å². The minimum atomic E-state index is -4.93. The number of urea groups is 1. The summed E-state index contributed by atoms with van der Waals surface area (Å²) in [5.41, 5.74) is 26.4. The molecule has 0 radical (unpaired) electrons. The second-order valence-corrected chi connectivity index (χ2v) is 42.1. The number of nitrogens with zero attached hydrogens (tertiary/aromatic N) is 15. The first kappa shape index (κ1) is 82.6. The third kappa shape index (κ3) is 14.9. The van der Waals surface area contributed by atoms with Crippen molar-refractivity contribution in [2.45, 2.75) is 181 Å². The van der Waals surface area contributed by atoms with Gasteiger partial charge in [-0.3, -0.25) is 41.3 Å². The highest BCUT2D eigenvalue weighted by Gasteiger charge is 2.72. The number of aliphatic hydroxyl groups is 1. The molecule has 8 saturated heterocycles. The van der Waals surface area contributed by atoms with Gasteiger partial charge in [0.15, 0.2) is 53.1 Å². The summed E-state index contributed by atoms with van der Waals surface area (Å²) in [6, 6.07) is -0.676. The van der Waals surface area contributed by atoms with Gasteiger partial charge in [0, 0.05) is 37.9 Å². The van der Waals surface area contributed by atoms with E-state index in [0.29, 0.717) is 16.8 Å². The number of anilines is 4. The molecule has 7 aromatic rings. The number of thiol groups is 1. The zero-order valence-corrected chi connectivity index (χ0v) is 68.9. The Morgan fingerprint density at radius 2 is 1.00 bits per heavy atom. The van der Waals surface area contributed by atoms with Crippen molar-refractivity contribution in [3.63, 3.8) is 0 Å². The molecule has 0 spiro atoms. The predicted molar refractivity (Wildman–Crippen MR) is 407 cm³/mol. The molecule has 9 aliphatic heterocycles. The molecule has 7 aromatic heterocycles. The van der Waals surface area contributed by atoms with Crippen molar-refractivity contribution in [3.8, 4) is 0 Å². The number of ether oxygens (including phenoxy) is 8. The molecule has 620 valence electrons. The highest BCUT2D eigenvalue weighted by Crippen LogP contribution is 2.66. The zero-order valence-electron chi connectivity index (χ0n) is 60.3. The molecular weight excluding hydrogens is 1710 g/mol. The number of rotatable bonds is 29. The molecule has 47 nitrogen and oxygen atoms in total. The Balaban J connectivity index is 0.658. The summed E-state index contributed by atoms with van der Waals surface area (Å²) in [5.74, 6) is 0.0931. The van der Waals surface area contributed by atoms with Crippen molar-refractivity contribution in [2.75, 3.05) is 63.1 Å². The molecule has 9 aliphatic rings. The van der Waals surface area contributed by atoms with Gasteiger partial charge in [-0.25, -0.2) is 59.0 Å². The van der Waals surface area contributed by atoms with E-state index in [4.69, 9.17) is 159 Å². The van der Waals surface area contributed by atoms with Crippen LogP contribution in [-0.2, 0) is 135 Å². The van der Waals surface area contributed by atoms with Crippen LogP contribution in [-0.4, -0.2) is 252 Å². The standard InChI is InChI=1S/C57H76N21O26P5S5/c1-22-9-74(53(80)72-42(22)58)31-7-28(101-106(83,111)88-11-29-27(100-105(82,110)87-6)8-32(96-29)76-19-69-33-44(60)63-16-66-47(33)76)30(95-31)12-89-107(84,112)103-40-37-51(77-20-70-34-45(61)64-17-67-48(34)77)98-56(40,25(4)93-37)14-91-109(86,114)104-41-38-52(78-21-71-35-46(62)65-18-68-49(35)78)99-57(41,26(5)94-38)15-90-108(85,113)102-39-36-50(97-55(39,13-79)24(3)92-36)75-10-23(2)43(59)73-54(75)81/h9-10,16-21,24-32,36-42,50-52,79H,7-8,11-15,58H2,1-6H3,(H,72,80)(H,82,110)(H,83,111)(H,84,112)(H,85,113)(H,86,114)(H2,59,73,81)(H2,60,63,66)(H2,61,64,67)(H2,62,65,68)/t24-,25-,26-,27+,28+,29+,30+,31+,32+,36?,37?,38?,39+,40+,41+,42?,50+,51+,52+,55-,56-,57-,105?,106?,107?,108?,109?/m0/s1. The number of aliphatic hydroxyl groups excluding tert-OH is 1. The van der Waals surface area contributed by atoms with Gasteiger partial charge in [-0.2, -0.15) is 4.98 Å². The van der Waals surface area contributed by atoms with E-state index in [0.717, 1.165) is 4.57 Å². The van der Waals surface area contributed by atoms with E-state index in [1.54, 1.807) is 39.2 Å². The Kier molecular flexibility index (Phi) is 22.2. The van der Waals surface area contributed by atoms with Gasteiger partial charge in [0.1, 0.15) is 126 Å². The molecule has 8 fully saturated rings. The molecule has 16 heterocycles. The lowest BCUT2D eigenvalue weighted by molar-refractivity contribution is -0.219. The monoisotopic (exact) mass is 1790 g/mol. The number of hydrogen-bond donors (Lipinski definition) is 12. The topological polar surface area (TPSA) is 612 Å². The Morgan fingerprint density at radius 3 is 1.53 bits per heavy atom. The van der Waals surface area contributed by atoms with Gasteiger partial charge < -0.3 is 124 Å². The van der Waals surface area contributed by atoms with E-state index in [1.807, 2.05) is 0 Å². The van der Waals surface area contributed by atoms with Crippen molar-refractivity contribution >= 4 is 156 Å². The third-order valence-corrected chi connectivity index (χ3v) is 29.2. The average Bonchev–Trinajstić information content (AvgIpc) is 1.57. The predicted octanol–water partition coefficient (Wildman–Crippen LogP) is 0.717. The van der Waals surface area contributed by atoms with E-state index in [9.17, 15) is 34.3 Å². The molecule has 57 heteroatoms. The van der Waals surface area contributed by atoms with Gasteiger partial charge in [0.2, 0.25) is 0 Å². The summed E-state index contributed by atoms with van der Waals surface area (Å²) < 4.78 is 135. The van der Waals surface area contributed by atoms with Crippen molar-refractivity contribution < 1.29 is 117 Å². The molecule has 2 amide bonds. The number of fused-ring (bicyclic) bond motifs is 9. The van der Waals surface area contributed by atoms with Gasteiger partial charge >= 0.3 is 45.4 Å². The first-order chi connectivity index (χ1) is 53.9. The molecule has 16 N–H and O–H groups in total. The summed E-state index contributed by atoms with van der Waals surface area (Å²) >= 11 is 27.0. The van der Waals surface area contributed by atoms with Crippen molar-refractivity contribution in [1.29, 1.82) is 0 Å². The highest BCUT2D eigenvalue weighted by molar-refractivity contribution is 8.44. The number of nitrogens with one attached hydrogen (secondary N) is 1. The fourth-order valence-corrected chi connectivity index (χ4v) is 22.2. The first-order valence-electron chi connectivity index (χ1n) is 34.6. The molecule has 0 aromatic carbocycles. The van der Waals surface area contributed by atoms with Crippen LogP contribution in [0.1, 0.15) is 71.0 Å². The Bertz CT molecular complexity index is 5310. The maximum absolute atomic E-state index is 15.6. The molecule has 27 atom stereocenters. The van der Waals surface area contributed by atoms with E-state index in [2.05, 4.69) is 67.4 Å². The van der Waals surface area contributed by atoms with Crippen LogP contribution in [0.5, 0.6) is 0 Å². The average molecular weight is 1790 g/mol. The SMILES string of the molecule is COP(O)(=S)O[C@@H]1C[C@H](n2cnc3c(N)ncnc32)O[C@@H]1COP(O)(=S)O[C@@H]1C[C@H](N2C=C(C)C(N)NC2=O)O[C@@H]1COP(O)(=S)O[C@@H]1C2O[C@@H](C)[C@]1(COP(=O)(S)O[C@@H]1C3O[C@@H](C)[C@]1(COP(O)(=S)O[C@@H]1C4O[C@@H](C)[C@]1(CO)O[C@H]4n1cc(C)c(N)nc1=O)O[C@H]3n1cnc3c(N)ncnc31)O[C@H]2n1cnc2c(N)ncnc21. The normalized spacial score (nSPS) is 36.4.